The Bertz CT molecular complexity index is 447. The molecule has 2 N–H and O–H groups in total. The lowest BCUT2D eigenvalue weighted by Gasteiger charge is -2.42. The summed E-state index contributed by atoms with van der Waals surface area (Å²) in [6.45, 7) is 7.13. The molecule has 6 nitrogen and oxygen atoms in total. The van der Waals surface area contributed by atoms with E-state index in [0.29, 0.717) is 13.0 Å². The fourth-order valence-corrected chi connectivity index (χ4v) is 4.34. The van der Waals surface area contributed by atoms with Crippen molar-refractivity contribution in [1.82, 2.24) is 15.5 Å². The van der Waals surface area contributed by atoms with E-state index in [1.165, 1.54) is 0 Å². The van der Waals surface area contributed by atoms with Gasteiger partial charge in [0.1, 0.15) is 0 Å². The third-order valence-corrected chi connectivity index (χ3v) is 5.67. The second kappa shape index (κ2) is 5.38. The topological polar surface area (TPSA) is 78.5 Å². The number of rotatable bonds is 3. The summed E-state index contributed by atoms with van der Waals surface area (Å²) in [6.07, 6.45) is 0.541. The zero-order valence-electron chi connectivity index (χ0n) is 11.6. The number of piperazine rings is 1. The Hall–Kier alpha value is -0.660. The predicted molar refractivity (Wildman–Crippen MR) is 73.7 cm³/mol. The molecule has 1 atom stereocenters. The molecule has 2 aliphatic rings. The third-order valence-electron chi connectivity index (χ3n) is 3.90. The number of amides is 1. The molecule has 0 saturated carbocycles. The zero-order chi connectivity index (χ0) is 14.1. The first kappa shape index (κ1) is 14.7. The number of hydrogen-bond acceptors (Lipinski definition) is 5. The van der Waals surface area contributed by atoms with Crippen LogP contribution in [0.1, 0.15) is 20.3 Å². The van der Waals surface area contributed by atoms with E-state index >= 15 is 0 Å². The van der Waals surface area contributed by atoms with E-state index in [1.807, 2.05) is 0 Å². The van der Waals surface area contributed by atoms with Crippen LogP contribution < -0.4 is 10.6 Å². The molecule has 0 spiro atoms. The van der Waals surface area contributed by atoms with E-state index in [9.17, 15) is 13.2 Å². The second-order valence-electron chi connectivity index (χ2n) is 6.08. The van der Waals surface area contributed by atoms with E-state index in [1.54, 1.807) is 0 Å². The van der Waals surface area contributed by atoms with Gasteiger partial charge >= 0.3 is 0 Å². The first-order valence-corrected chi connectivity index (χ1v) is 8.56. The smallest absolute Gasteiger partial charge is 0.234 e. The van der Waals surface area contributed by atoms with Crippen LogP contribution in [0, 0.1) is 0 Å². The molecule has 0 bridgehead atoms. The van der Waals surface area contributed by atoms with Crippen molar-refractivity contribution in [2.75, 3.05) is 37.7 Å². The van der Waals surface area contributed by atoms with Gasteiger partial charge in [0.2, 0.25) is 5.91 Å². The van der Waals surface area contributed by atoms with Gasteiger partial charge in [0.15, 0.2) is 9.84 Å². The molecule has 0 aromatic rings. The Morgan fingerprint density at radius 2 is 2.21 bits per heavy atom. The van der Waals surface area contributed by atoms with Crippen LogP contribution in [0.25, 0.3) is 0 Å². The van der Waals surface area contributed by atoms with E-state index in [0.717, 1.165) is 19.6 Å². The summed E-state index contributed by atoms with van der Waals surface area (Å²) in [5.41, 5.74) is -0.0443. The summed E-state index contributed by atoms with van der Waals surface area (Å²) in [5, 5.41) is 6.15. The molecule has 2 fully saturated rings. The molecule has 0 aromatic carbocycles. The van der Waals surface area contributed by atoms with Crippen molar-refractivity contribution in [1.29, 1.82) is 0 Å². The van der Waals surface area contributed by atoms with Crippen LogP contribution >= 0.6 is 0 Å². The third kappa shape index (κ3) is 3.90. The van der Waals surface area contributed by atoms with Crippen LogP contribution in [0.3, 0.4) is 0 Å². The largest absolute Gasteiger partial charge is 0.351 e. The van der Waals surface area contributed by atoms with Gasteiger partial charge in [-0.2, -0.15) is 0 Å². The summed E-state index contributed by atoms with van der Waals surface area (Å²) < 4.78 is 22.7. The molecule has 2 heterocycles. The number of carbonyl (C=O) groups excluding carboxylic acids is 1. The molecule has 7 heteroatoms. The molecule has 0 aromatic heterocycles. The number of carbonyl (C=O) groups is 1. The molecule has 1 unspecified atom stereocenters. The molecule has 1 amide bonds. The minimum atomic E-state index is -2.94. The molecular weight excluding hydrogens is 266 g/mol. The van der Waals surface area contributed by atoms with Crippen molar-refractivity contribution < 1.29 is 13.2 Å². The summed E-state index contributed by atoms with van der Waals surface area (Å²) >= 11 is 0. The highest BCUT2D eigenvalue weighted by Crippen LogP contribution is 2.16. The van der Waals surface area contributed by atoms with Crippen LogP contribution in [0.4, 0.5) is 0 Å². The maximum atomic E-state index is 12.0. The molecule has 2 aliphatic heterocycles. The molecular formula is C12H23N3O3S. The van der Waals surface area contributed by atoms with Crippen LogP contribution in [-0.4, -0.2) is 68.5 Å². The van der Waals surface area contributed by atoms with Crippen molar-refractivity contribution in [3.8, 4) is 0 Å². The molecule has 0 aliphatic carbocycles. The van der Waals surface area contributed by atoms with Crippen LogP contribution in [0.5, 0.6) is 0 Å². The number of nitrogens with one attached hydrogen (secondary N) is 2. The summed E-state index contributed by atoms with van der Waals surface area (Å²) in [5.74, 6) is 0.206. The van der Waals surface area contributed by atoms with Crippen molar-refractivity contribution >= 4 is 15.7 Å². The number of hydrogen-bond donors (Lipinski definition) is 2. The van der Waals surface area contributed by atoms with Gasteiger partial charge in [-0.1, -0.05) is 0 Å². The average Bonchev–Trinajstić information content (AvgIpc) is 2.61. The van der Waals surface area contributed by atoms with Crippen LogP contribution in [0.15, 0.2) is 0 Å². The van der Waals surface area contributed by atoms with Gasteiger partial charge in [-0.25, -0.2) is 8.42 Å². The fourth-order valence-electron chi connectivity index (χ4n) is 2.67. The van der Waals surface area contributed by atoms with Gasteiger partial charge in [-0.3, -0.25) is 9.69 Å². The van der Waals surface area contributed by atoms with Gasteiger partial charge in [0.05, 0.1) is 18.1 Å². The SMILES string of the molecule is CC1(C)CNCCN1CC(=O)NC1CCS(=O)(=O)C1. The van der Waals surface area contributed by atoms with Gasteiger partial charge in [0, 0.05) is 31.2 Å². The summed E-state index contributed by atoms with van der Waals surface area (Å²) in [4.78, 5) is 14.1. The fraction of sp³-hybridized carbons (Fsp3) is 0.917. The van der Waals surface area contributed by atoms with Crippen molar-refractivity contribution in [2.24, 2.45) is 0 Å². The Morgan fingerprint density at radius 1 is 1.47 bits per heavy atom. The van der Waals surface area contributed by atoms with Crippen molar-refractivity contribution in [2.45, 2.75) is 31.8 Å². The first-order chi connectivity index (χ1) is 8.78. The lowest BCUT2D eigenvalue weighted by Crippen LogP contribution is -2.60. The Kier molecular flexibility index (Phi) is 4.17. The number of sulfone groups is 1. The van der Waals surface area contributed by atoms with Crippen molar-refractivity contribution in [3.63, 3.8) is 0 Å². The minimum Gasteiger partial charge on any atom is -0.351 e. The number of nitrogens with zero attached hydrogens (tertiary/aromatic N) is 1. The van der Waals surface area contributed by atoms with E-state index in [2.05, 4.69) is 29.4 Å². The molecule has 19 heavy (non-hydrogen) atoms. The molecule has 2 saturated heterocycles. The predicted octanol–water partition coefficient (Wildman–Crippen LogP) is -1.03. The Morgan fingerprint density at radius 3 is 2.79 bits per heavy atom. The summed E-state index contributed by atoms with van der Waals surface area (Å²) in [6, 6.07) is -0.205. The normalized spacial score (nSPS) is 30.1. The maximum Gasteiger partial charge on any atom is 0.234 e. The van der Waals surface area contributed by atoms with E-state index in [4.69, 9.17) is 0 Å². The minimum absolute atomic E-state index is 0.0443. The average molecular weight is 289 g/mol. The summed E-state index contributed by atoms with van der Waals surface area (Å²) in [7, 11) is -2.94. The molecule has 2 rings (SSSR count). The van der Waals surface area contributed by atoms with Crippen LogP contribution in [0.2, 0.25) is 0 Å². The van der Waals surface area contributed by atoms with Crippen LogP contribution in [-0.2, 0) is 14.6 Å². The lowest BCUT2D eigenvalue weighted by atomic mass is 10.0. The van der Waals surface area contributed by atoms with Gasteiger partial charge < -0.3 is 10.6 Å². The second-order valence-corrected chi connectivity index (χ2v) is 8.31. The van der Waals surface area contributed by atoms with E-state index < -0.39 is 9.84 Å². The van der Waals surface area contributed by atoms with Crippen molar-refractivity contribution in [3.05, 3.63) is 0 Å². The maximum absolute atomic E-state index is 12.0. The monoisotopic (exact) mass is 289 g/mol. The van der Waals surface area contributed by atoms with Gasteiger partial charge in [-0.15, -0.1) is 0 Å². The zero-order valence-corrected chi connectivity index (χ0v) is 12.4. The molecule has 110 valence electrons. The highest BCUT2D eigenvalue weighted by Gasteiger charge is 2.33. The highest BCUT2D eigenvalue weighted by atomic mass is 32.2. The Balaban J connectivity index is 1.84. The Labute approximate surface area is 114 Å². The van der Waals surface area contributed by atoms with Gasteiger partial charge in [-0.05, 0) is 20.3 Å². The quantitative estimate of drug-likeness (QED) is 0.695. The van der Waals surface area contributed by atoms with Gasteiger partial charge in [0.25, 0.3) is 0 Å². The lowest BCUT2D eigenvalue weighted by molar-refractivity contribution is -0.124. The molecule has 0 radical (unpaired) electrons. The standard InChI is InChI=1S/C12H23N3O3S/c1-12(2)9-13-4-5-15(12)7-11(16)14-10-3-6-19(17,18)8-10/h10,13H,3-9H2,1-2H3,(H,14,16). The van der Waals surface area contributed by atoms with E-state index in [-0.39, 0.29) is 29.0 Å². The highest BCUT2D eigenvalue weighted by molar-refractivity contribution is 7.91. The first-order valence-electron chi connectivity index (χ1n) is 6.74.